The van der Waals surface area contributed by atoms with Crippen LogP contribution in [-0.2, 0) is 0 Å². The molecule has 2 rings (SSSR count). The summed E-state index contributed by atoms with van der Waals surface area (Å²) in [6, 6.07) is 8.04. The zero-order valence-electron chi connectivity index (χ0n) is 8.16. The van der Waals surface area contributed by atoms with E-state index in [0.29, 0.717) is 0 Å². The highest BCUT2D eigenvalue weighted by Crippen LogP contribution is 2.16. The maximum atomic E-state index is 5.67. The van der Waals surface area contributed by atoms with E-state index in [9.17, 15) is 0 Å². The summed E-state index contributed by atoms with van der Waals surface area (Å²) < 4.78 is 5.67. The summed E-state index contributed by atoms with van der Waals surface area (Å²) in [6.45, 7) is 2.89. The molecule has 0 spiro atoms. The maximum absolute atomic E-state index is 5.67. The predicted octanol–water partition coefficient (Wildman–Crippen LogP) is 2.37. The van der Waals surface area contributed by atoms with Gasteiger partial charge in [0.05, 0.1) is 0 Å². The molecule has 0 saturated carbocycles. The average Bonchev–Trinajstić information content (AvgIpc) is 2.19. The van der Waals surface area contributed by atoms with Crippen LogP contribution in [0, 0.1) is 6.92 Å². The van der Waals surface area contributed by atoms with Crippen LogP contribution in [0.25, 0.3) is 0 Å². The van der Waals surface area contributed by atoms with Crippen LogP contribution in [-0.4, -0.2) is 6.54 Å². The Balaban J connectivity index is 2.10. The van der Waals surface area contributed by atoms with Gasteiger partial charge in [-0.2, -0.15) is 0 Å². The Bertz CT molecular complexity index is 380. The molecule has 0 radical (unpaired) electrons. The van der Waals surface area contributed by atoms with Crippen molar-refractivity contribution in [2.75, 3.05) is 6.54 Å². The molecule has 0 amide bonds. The molecule has 2 nitrogen and oxygen atoms in total. The van der Waals surface area contributed by atoms with Crippen LogP contribution in [0.1, 0.15) is 5.56 Å². The molecule has 1 N–H and O–H groups in total. The lowest BCUT2D eigenvalue weighted by molar-refractivity contribution is 0.439. The zero-order valence-corrected chi connectivity index (χ0v) is 8.16. The fourth-order valence-corrected chi connectivity index (χ4v) is 1.33. The van der Waals surface area contributed by atoms with Crippen LogP contribution in [0.15, 0.2) is 48.4 Å². The van der Waals surface area contributed by atoms with Crippen molar-refractivity contribution in [1.29, 1.82) is 0 Å². The summed E-state index contributed by atoms with van der Waals surface area (Å²) in [5.74, 6) is 1.79. The summed E-state index contributed by atoms with van der Waals surface area (Å²) in [6.07, 6.45) is 5.83. The number of allylic oxidation sites excluding steroid dienone is 1. The predicted molar refractivity (Wildman–Crippen MR) is 57.0 cm³/mol. The van der Waals surface area contributed by atoms with Crippen molar-refractivity contribution in [1.82, 2.24) is 5.32 Å². The Hall–Kier alpha value is -1.70. The van der Waals surface area contributed by atoms with E-state index in [4.69, 9.17) is 4.74 Å². The van der Waals surface area contributed by atoms with E-state index in [-0.39, 0.29) is 0 Å². The molecular formula is C12H13NO. The zero-order chi connectivity index (χ0) is 9.80. The van der Waals surface area contributed by atoms with Crippen molar-refractivity contribution in [3.05, 3.63) is 53.9 Å². The van der Waals surface area contributed by atoms with E-state index in [1.807, 2.05) is 36.6 Å². The molecule has 0 fully saturated rings. The molecule has 0 bridgehead atoms. The first-order valence-electron chi connectivity index (χ1n) is 4.69. The van der Waals surface area contributed by atoms with Gasteiger partial charge in [0.15, 0.2) is 0 Å². The lowest BCUT2D eigenvalue weighted by Crippen LogP contribution is -2.10. The monoisotopic (exact) mass is 187 g/mol. The Labute approximate surface area is 83.9 Å². The fourth-order valence-electron chi connectivity index (χ4n) is 1.33. The van der Waals surface area contributed by atoms with Crippen molar-refractivity contribution in [3.8, 4) is 5.75 Å². The number of hydrogen-bond acceptors (Lipinski definition) is 2. The SMILES string of the molecule is Cc1cccc(OC2=CCNC=C2)c1. The number of hydrogen-bond donors (Lipinski definition) is 1. The molecule has 1 aliphatic rings. The van der Waals surface area contributed by atoms with Crippen LogP contribution in [0.4, 0.5) is 0 Å². The summed E-state index contributed by atoms with van der Waals surface area (Å²) in [5, 5.41) is 3.07. The van der Waals surface area contributed by atoms with Crippen molar-refractivity contribution >= 4 is 0 Å². The highest BCUT2D eigenvalue weighted by Gasteiger charge is 1.99. The number of rotatable bonds is 2. The molecule has 0 aliphatic carbocycles. The Morgan fingerprint density at radius 2 is 2.29 bits per heavy atom. The number of ether oxygens (including phenoxy) is 1. The fraction of sp³-hybridized carbons (Fsp3) is 0.167. The second-order valence-electron chi connectivity index (χ2n) is 3.27. The van der Waals surface area contributed by atoms with Crippen LogP contribution < -0.4 is 10.1 Å². The van der Waals surface area contributed by atoms with Gasteiger partial charge in [-0.05, 0) is 36.8 Å². The van der Waals surface area contributed by atoms with Gasteiger partial charge in [0.1, 0.15) is 11.5 Å². The van der Waals surface area contributed by atoms with Gasteiger partial charge in [-0.3, -0.25) is 0 Å². The van der Waals surface area contributed by atoms with E-state index >= 15 is 0 Å². The molecule has 1 aromatic carbocycles. The van der Waals surface area contributed by atoms with Crippen LogP contribution in [0.3, 0.4) is 0 Å². The highest BCUT2D eigenvalue weighted by molar-refractivity contribution is 5.31. The third kappa shape index (κ3) is 2.16. The Kier molecular flexibility index (Phi) is 2.54. The van der Waals surface area contributed by atoms with Crippen molar-refractivity contribution < 1.29 is 4.74 Å². The van der Waals surface area contributed by atoms with Crippen LogP contribution in [0.5, 0.6) is 5.75 Å². The first-order valence-corrected chi connectivity index (χ1v) is 4.69. The maximum Gasteiger partial charge on any atom is 0.127 e. The molecule has 2 heteroatoms. The van der Waals surface area contributed by atoms with Crippen LogP contribution >= 0.6 is 0 Å². The molecule has 14 heavy (non-hydrogen) atoms. The number of dihydropyridines is 1. The van der Waals surface area contributed by atoms with Crippen molar-refractivity contribution in [3.63, 3.8) is 0 Å². The molecule has 1 aromatic rings. The molecule has 72 valence electrons. The van der Waals surface area contributed by atoms with E-state index in [1.54, 1.807) is 0 Å². The molecule has 0 unspecified atom stereocenters. The van der Waals surface area contributed by atoms with Crippen molar-refractivity contribution in [2.45, 2.75) is 6.92 Å². The number of nitrogens with one attached hydrogen (secondary N) is 1. The van der Waals surface area contributed by atoms with Gasteiger partial charge in [0.2, 0.25) is 0 Å². The van der Waals surface area contributed by atoms with Gasteiger partial charge >= 0.3 is 0 Å². The molecule has 1 aliphatic heterocycles. The van der Waals surface area contributed by atoms with Gasteiger partial charge in [0.25, 0.3) is 0 Å². The first-order chi connectivity index (χ1) is 6.84. The molecule has 0 aromatic heterocycles. The lowest BCUT2D eigenvalue weighted by atomic mass is 10.2. The largest absolute Gasteiger partial charge is 0.458 e. The second-order valence-corrected chi connectivity index (χ2v) is 3.27. The van der Waals surface area contributed by atoms with Gasteiger partial charge in [-0.15, -0.1) is 0 Å². The molecular weight excluding hydrogens is 174 g/mol. The van der Waals surface area contributed by atoms with E-state index < -0.39 is 0 Å². The summed E-state index contributed by atoms with van der Waals surface area (Å²) in [4.78, 5) is 0. The normalized spacial score (nSPS) is 14.5. The van der Waals surface area contributed by atoms with Gasteiger partial charge in [-0.25, -0.2) is 0 Å². The van der Waals surface area contributed by atoms with Crippen molar-refractivity contribution in [2.24, 2.45) is 0 Å². The third-order valence-corrected chi connectivity index (χ3v) is 2.01. The minimum Gasteiger partial charge on any atom is -0.458 e. The third-order valence-electron chi connectivity index (χ3n) is 2.01. The van der Waals surface area contributed by atoms with E-state index in [0.717, 1.165) is 18.1 Å². The first kappa shape index (κ1) is 8.88. The number of aryl methyl sites for hydroxylation is 1. The van der Waals surface area contributed by atoms with Gasteiger partial charge in [0, 0.05) is 12.7 Å². The highest BCUT2D eigenvalue weighted by atomic mass is 16.5. The summed E-state index contributed by atoms with van der Waals surface area (Å²) >= 11 is 0. The quantitative estimate of drug-likeness (QED) is 0.767. The standard InChI is InChI=1S/C12H13NO/c1-10-3-2-4-12(9-10)14-11-5-7-13-8-6-11/h2-7,9,13H,8H2,1H3. The molecule has 1 heterocycles. The smallest absolute Gasteiger partial charge is 0.127 e. The molecule has 0 atom stereocenters. The van der Waals surface area contributed by atoms with E-state index in [1.165, 1.54) is 5.56 Å². The topological polar surface area (TPSA) is 21.3 Å². The van der Waals surface area contributed by atoms with Gasteiger partial charge < -0.3 is 10.1 Å². The minimum atomic E-state index is 0.831. The molecule has 0 saturated heterocycles. The Morgan fingerprint density at radius 1 is 1.36 bits per heavy atom. The average molecular weight is 187 g/mol. The Morgan fingerprint density at radius 3 is 3.00 bits per heavy atom. The second kappa shape index (κ2) is 4.01. The lowest BCUT2D eigenvalue weighted by Gasteiger charge is -2.10. The van der Waals surface area contributed by atoms with E-state index in [2.05, 4.69) is 18.3 Å². The van der Waals surface area contributed by atoms with Gasteiger partial charge in [-0.1, -0.05) is 12.1 Å². The minimum absolute atomic E-state index is 0.831. The summed E-state index contributed by atoms with van der Waals surface area (Å²) in [7, 11) is 0. The number of benzene rings is 1. The summed E-state index contributed by atoms with van der Waals surface area (Å²) in [5.41, 5.74) is 1.21. The van der Waals surface area contributed by atoms with Crippen LogP contribution in [0.2, 0.25) is 0 Å².